The van der Waals surface area contributed by atoms with Gasteiger partial charge < -0.3 is 15.8 Å². The maximum atomic E-state index is 11.5. The number of allylic oxidation sites excluding steroid dienone is 1. The fourth-order valence-electron chi connectivity index (χ4n) is 3.10. The predicted octanol–water partition coefficient (Wildman–Crippen LogP) is 2.90. The van der Waals surface area contributed by atoms with Crippen LogP contribution in [0.25, 0.3) is 22.5 Å². The number of aromatic carboxylic acids is 1. The van der Waals surface area contributed by atoms with E-state index in [0.717, 1.165) is 0 Å². The summed E-state index contributed by atoms with van der Waals surface area (Å²) in [6.45, 7) is 7.61. The minimum Gasteiger partial charge on any atom is -0.478 e. The summed E-state index contributed by atoms with van der Waals surface area (Å²) in [5.74, 6) is -0.940. The van der Waals surface area contributed by atoms with Gasteiger partial charge in [0, 0.05) is 23.0 Å². The molecule has 3 aromatic rings. The van der Waals surface area contributed by atoms with Gasteiger partial charge in [0.2, 0.25) is 0 Å². The number of rotatable bonds is 5. The third-order valence-corrected chi connectivity index (χ3v) is 4.33. The van der Waals surface area contributed by atoms with E-state index in [-0.39, 0.29) is 16.9 Å². The van der Waals surface area contributed by atoms with Gasteiger partial charge in [0.25, 0.3) is 0 Å². The van der Waals surface area contributed by atoms with Crippen molar-refractivity contribution >= 4 is 11.8 Å². The zero-order valence-electron chi connectivity index (χ0n) is 14.9. The average Bonchev–Trinajstić information content (AvgIpc) is 3.18. The largest absolute Gasteiger partial charge is 0.478 e. The summed E-state index contributed by atoms with van der Waals surface area (Å²) < 4.78 is 1.69. The van der Waals surface area contributed by atoms with Crippen LogP contribution in [0.2, 0.25) is 0 Å². The Morgan fingerprint density at radius 2 is 2.26 bits per heavy atom. The molecule has 0 saturated carbocycles. The highest BCUT2D eigenvalue weighted by atomic mass is 16.4. The number of pyridine rings is 1. The van der Waals surface area contributed by atoms with E-state index < -0.39 is 5.97 Å². The Labute approximate surface area is 155 Å². The molecule has 8 heteroatoms. The van der Waals surface area contributed by atoms with Crippen LogP contribution in [-0.4, -0.2) is 30.8 Å². The van der Waals surface area contributed by atoms with Gasteiger partial charge in [-0.15, -0.1) is 6.58 Å². The third-order valence-electron chi connectivity index (χ3n) is 4.33. The smallest absolute Gasteiger partial charge is 0.337 e. The summed E-state index contributed by atoms with van der Waals surface area (Å²) in [5.41, 5.74) is 9.87. The van der Waals surface area contributed by atoms with Crippen molar-refractivity contribution < 1.29 is 9.90 Å². The molecular weight excluding hydrogens is 344 g/mol. The van der Waals surface area contributed by atoms with E-state index >= 15 is 0 Å². The quantitative estimate of drug-likeness (QED) is 0.598. The number of aryl methyl sites for hydroxylation is 1. The second-order valence-electron chi connectivity index (χ2n) is 6.10. The van der Waals surface area contributed by atoms with Gasteiger partial charge in [-0.25, -0.2) is 9.78 Å². The van der Waals surface area contributed by atoms with Crippen LogP contribution in [0.5, 0.6) is 0 Å². The van der Waals surface area contributed by atoms with Crippen LogP contribution in [0.3, 0.4) is 0 Å². The highest BCUT2D eigenvalue weighted by Gasteiger charge is 2.21. The summed E-state index contributed by atoms with van der Waals surface area (Å²) in [5, 5.41) is 23.1. The Bertz CT molecular complexity index is 1100. The van der Waals surface area contributed by atoms with Crippen molar-refractivity contribution in [3.05, 3.63) is 53.5 Å². The molecule has 3 aromatic heterocycles. The Hall–Kier alpha value is -3.86. The Morgan fingerprint density at radius 1 is 1.52 bits per heavy atom. The first-order chi connectivity index (χ1) is 12.9. The van der Waals surface area contributed by atoms with Crippen LogP contribution in [0.1, 0.15) is 27.2 Å². The van der Waals surface area contributed by atoms with E-state index in [1.54, 1.807) is 43.1 Å². The zero-order valence-corrected chi connectivity index (χ0v) is 14.9. The fraction of sp³-hybridized carbons (Fsp3) is 0.158. The maximum absolute atomic E-state index is 11.5. The molecule has 0 aliphatic rings. The normalized spacial score (nSPS) is 10.6. The number of nitrogens with zero attached hydrogens (tertiary/aromatic N) is 4. The monoisotopic (exact) mass is 362 g/mol. The molecule has 4 N–H and O–H groups in total. The maximum Gasteiger partial charge on any atom is 0.337 e. The standard InChI is InChI=1S/C19H18N6O2/c1-4-5-25-9-12(8-22-25)13-6-15(24-18(21)14(13)7-20)17-10(2)16(19(26)27)11(3)23-17/h4,6,8-9,23H,1,5H2,2-3H3,(H2,21,24)(H,26,27). The molecule has 0 aliphatic carbocycles. The van der Waals surface area contributed by atoms with E-state index in [2.05, 4.69) is 27.7 Å². The number of nitriles is 1. The molecule has 8 nitrogen and oxygen atoms in total. The molecule has 136 valence electrons. The lowest BCUT2D eigenvalue weighted by Gasteiger charge is -2.08. The van der Waals surface area contributed by atoms with Gasteiger partial charge in [-0.3, -0.25) is 4.68 Å². The van der Waals surface area contributed by atoms with E-state index in [1.807, 2.05) is 0 Å². The van der Waals surface area contributed by atoms with Crippen LogP contribution in [-0.2, 0) is 6.54 Å². The molecule has 0 radical (unpaired) electrons. The Balaban J connectivity index is 2.21. The van der Waals surface area contributed by atoms with Gasteiger partial charge in [0.15, 0.2) is 0 Å². The lowest BCUT2D eigenvalue weighted by molar-refractivity contribution is 0.0695. The van der Waals surface area contributed by atoms with Crippen LogP contribution in [0.15, 0.2) is 31.1 Å². The van der Waals surface area contributed by atoms with Crippen molar-refractivity contribution in [3.63, 3.8) is 0 Å². The van der Waals surface area contributed by atoms with Gasteiger partial charge in [-0.05, 0) is 25.5 Å². The SMILES string of the molecule is C=CCn1cc(-c2cc(-c3[nH]c(C)c(C(=O)O)c3C)nc(N)c2C#N)cn1. The summed E-state index contributed by atoms with van der Waals surface area (Å²) in [4.78, 5) is 18.8. The first-order valence-corrected chi connectivity index (χ1v) is 8.14. The number of carboxylic acids is 1. The van der Waals surface area contributed by atoms with E-state index in [1.165, 1.54) is 0 Å². The first-order valence-electron chi connectivity index (χ1n) is 8.14. The molecular formula is C19H18N6O2. The summed E-state index contributed by atoms with van der Waals surface area (Å²) in [6, 6.07) is 3.80. The zero-order chi connectivity index (χ0) is 19.7. The van der Waals surface area contributed by atoms with E-state index in [0.29, 0.717) is 40.3 Å². The highest BCUT2D eigenvalue weighted by Crippen LogP contribution is 2.33. The fourth-order valence-corrected chi connectivity index (χ4v) is 3.10. The molecule has 0 spiro atoms. The second-order valence-corrected chi connectivity index (χ2v) is 6.10. The van der Waals surface area contributed by atoms with Gasteiger partial charge in [0.1, 0.15) is 17.5 Å². The van der Waals surface area contributed by atoms with Crippen molar-refractivity contribution in [1.29, 1.82) is 5.26 Å². The topological polar surface area (TPSA) is 134 Å². The van der Waals surface area contributed by atoms with Gasteiger partial charge in [0.05, 0.1) is 29.7 Å². The summed E-state index contributed by atoms with van der Waals surface area (Å²) >= 11 is 0. The van der Waals surface area contributed by atoms with Crippen molar-refractivity contribution in [2.75, 3.05) is 5.73 Å². The number of aromatic amines is 1. The van der Waals surface area contributed by atoms with E-state index in [4.69, 9.17) is 5.73 Å². The number of carbonyl (C=O) groups is 1. The number of nitrogen functional groups attached to an aromatic ring is 1. The predicted molar refractivity (Wildman–Crippen MR) is 101 cm³/mol. The Kier molecular flexibility index (Phi) is 4.52. The second kappa shape index (κ2) is 6.80. The third kappa shape index (κ3) is 3.06. The molecule has 0 aromatic carbocycles. The first kappa shape index (κ1) is 17.9. The van der Waals surface area contributed by atoms with Crippen molar-refractivity contribution in [1.82, 2.24) is 19.7 Å². The summed E-state index contributed by atoms with van der Waals surface area (Å²) in [6.07, 6.45) is 5.14. The number of anilines is 1. The van der Waals surface area contributed by atoms with Gasteiger partial charge >= 0.3 is 5.97 Å². The Morgan fingerprint density at radius 3 is 2.85 bits per heavy atom. The average molecular weight is 362 g/mol. The van der Waals surface area contributed by atoms with Crippen molar-refractivity contribution in [3.8, 4) is 28.6 Å². The van der Waals surface area contributed by atoms with Crippen LogP contribution >= 0.6 is 0 Å². The minimum absolute atomic E-state index is 0.0741. The lowest BCUT2D eigenvalue weighted by Crippen LogP contribution is -2.01. The van der Waals surface area contributed by atoms with Crippen molar-refractivity contribution in [2.24, 2.45) is 0 Å². The number of nitrogens with one attached hydrogen (secondary N) is 1. The van der Waals surface area contributed by atoms with Crippen molar-refractivity contribution in [2.45, 2.75) is 20.4 Å². The number of aromatic nitrogens is 4. The van der Waals surface area contributed by atoms with Gasteiger partial charge in [-0.1, -0.05) is 6.08 Å². The molecule has 0 aliphatic heterocycles. The lowest BCUT2D eigenvalue weighted by atomic mass is 10.0. The molecule has 0 saturated heterocycles. The minimum atomic E-state index is -1.01. The molecule has 0 unspecified atom stereocenters. The number of H-pyrrole nitrogens is 1. The van der Waals surface area contributed by atoms with Gasteiger partial charge in [-0.2, -0.15) is 10.4 Å². The van der Waals surface area contributed by atoms with Crippen LogP contribution in [0.4, 0.5) is 5.82 Å². The summed E-state index contributed by atoms with van der Waals surface area (Å²) in [7, 11) is 0. The van der Waals surface area contributed by atoms with Crippen LogP contribution in [0, 0.1) is 25.2 Å². The molecule has 3 heterocycles. The molecule has 0 bridgehead atoms. The van der Waals surface area contributed by atoms with E-state index in [9.17, 15) is 15.2 Å². The molecule has 0 amide bonds. The molecule has 0 fully saturated rings. The highest BCUT2D eigenvalue weighted by molar-refractivity contribution is 5.93. The number of carboxylic acid groups (broad SMARTS) is 1. The number of hydrogen-bond acceptors (Lipinski definition) is 5. The number of hydrogen-bond donors (Lipinski definition) is 3. The molecule has 0 atom stereocenters. The molecule has 3 rings (SSSR count). The van der Waals surface area contributed by atoms with Crippen LogP contribution < -0.4 is 5.73 Å². The number of nitrogens with two attached hydrogens (primary N) is 1. The molecule has 27 heavy (non-hydrogen) atoms.